The Morgan fingerprint density at radius 1 is 1.15 bits per heavy atom. The Balaban J connectivity index is 1.82. The second-order valence-corrected chi connectivity index (χ2v) is 5.52. The fourth-order valence-corrected chi connectivity index (χ4v) is 3.01. The molecule has 0 aliphatic carbocycles. The summed E-state index contributed by atoms with van der Waals surface area (Å²) in [7, 11) is 1.56. The number of para-hydroxylation sites is 1. The van der Waals surface area contributed by atoms with E-state index in [0.29, 0.717) is 18.0 Å². The number of thiazole rings is 1. The van der Waals surface area contributed by atoms with Crippen LogP contribution in [0.4, 0.5) is 0 Å². The van der Waals surface area contributed by atoms with E-state index in [1.54, 1.807) is 30.6 Å². The maximum Gasteiger partial charge on any atom is 0.213 e. The lowest BCUT2D eigenvalue weighted by Crippen LogP contribution is -2.04. The first-order chi connectivity index (χ1) is 9.76. The highest BCUT2D eigenvalue weighted by atomic mass is 32.1. The molecule has 1 N–H and O–H groups in total. The van der Waals surface area contributed by atoms with Crippen molar-refractivity contribution in [3.63, 3.8) is 0 Å². The Hall–Kier alpha value is -1.98. The van der Waals surface area contributed by atoms with Gasteiger partial charge in [0.1, 0.15) is 6.10 Å². The maximum atomic E-state index is 10.3. The molecule has 0 bridgehead atoms. The monoisotopic (exact) mass is 286 g/mol. The second kappa shape index (κ2) is 5.56. The van der Waals surface area contributed by atoms with Gasteiger partial charge in [0.15, 0.2) is 0 Å². The maximum absolute atomic E-state index is 10.3. The van der Waals surface area contributed by atoms with E-state index in [0.717, 1.165) is 15.2 Å². The van der Waals surface area contributed by atoms with Crippen molar-refractivity contribution in [2.45, 2.75) is 12.5 Å². The Bertz CT molecular complexity index is 693. The summed E-state index contributed by atoms with van der Waals surface area (Å²) in [6.45, 7) is 0. The van der Waals surface area contributed by atoms with Gasteiger partial charge in [-0.2, -0.15) is 0 Å². The molecule has 1 atom stereocenters. The molecule has 0 spiro atoms. The third kappa shape index (κ3) is 2.64. The molecule has 1 unspecified atom stereocenters. The van der Waals surface area contributed by atoms with E-state index in [1.807, 2.05) is 30.3 Å². The number of nitrogens with zero attached hydrogens (tertiary/aromatic N) is 2. The van der Waals surface area contributed by atoms with Crippen LogP contribution >= 0.6 is 11.3 Å². The lowest BCUT2D eigenvalue weighted by atomic mass is 10.2. The molecule has 0 amide bonds. The summed E-state index contributed by atoms with van der Waals surface area (Å²) in [6.07, 6.45) is -0.217. The SMILES string of the molecule is COc1cccc(C(O)Cc2nc3ccccc3s2)n1. The molecule has 4 nitrogen and oxygen atoms in total. The molecule has 0 fully saturated rings. The molecule has 102 valence electrons. The molecule has 0 aliphatic rings. The Labute approximate surface area is 120 Å². The van der Waals surface area contributed by atoms with Crippen molar-refractivity contribution in [3.8, 4) is 5.88 Å². The lowest BCUT2D eigenvalue weighted by Gasteiger charge is -2.09. The molecule has 0 aliphatic heterocycles. The van der Waals surface area contributed by atoms with Gasteiger partial charge in [-0.15, -0.1) is 11.3 Å². The number of ether oxygens (including phenoxy) is 1. The van der Waals surface area contributed by atoms with Crippen molar-refractivity contribution in [2.75, 3.05) is 7.11 Å². The predicted octanol–water partition coefficient (Wildman–Crippen LogP) is 2.98. The highest BCUT2D eigenvalue weighted by Crippen LogP contribution is 2.26. The number of methoxy groups -OCH3 is 1. The summed E-state index contributed by atoms with van der Waals surface area (Å²) in [5.74, 6) is 0.505. The third-order valence-electron chi connectivity index (χ3n) is 3.00. The smallest absolute Gasteiger partial charge is 0.213 e. The van der Waals surface area contributed by atoms with Crippen molar-refractivity contribution in [3.05, 3.63) is 53.2 Å². The van der Waals surface area contributed by atoms with Crippen molar-refractivity contribution in [1.29, 1.82) is 0 Å². The van der Waals surface area contributed by atoms with Crippen LogP contribution in [0.3, 0.4) is 0 Å². The molecule has 0 saturated carbocycles. The van der Waals surface area contributed by atoms with E-state index < -0.39 is 6.10 Å². The van der Waals surface area contributed by atoms with Crippen LogP contribution in [0.15, 0.2) is 42.5 Å². The molecular weight excluding hydrogens is 272 g/mol. The summed E-state index contributed by atoms with van der Waals surface area (Å²) in [6, 6.07) is 13.3. The van der Waals surface area contributed by atoms with Crippen LogP contribution < -0.4 is 4.74 Å². The van der Waals surface area contributed by atoms with Gasteiger partial charge in [-0.25, -0.2) is 9.97 Å². The van der Waals surface area contributed by atoms with E-state index >= 15 is 0 Å². The number of rotatable bonds is 4. The van der Waals surface area contributed by atoms with Gasteiger partial charge in [-0.05, 0) is 18.2 Å². The minimum atomic E-state index is -0.675. The Morgan fingerprint density at radius 3 is 2.80 bits per heavy atom. The van der Waals surface area contributed by atoms with Gasteiger partial charge in [0.05, 0.1) is 28.0 Å². The van der Waals surface area contributed by atoms with Crippen LogP contribution in [-0.4, -0.2) is 22.2 Å². The number of pyridine rings is 1. The minimum absolute atomic E-state index is 0.458. The first kappa shape index (κ1) is 13.0. The molecule has 0 saturated heterocycles. The molecule has 2 aromatic heterocycles. The Morgan fingerprint density at radius 2 is 2.00 bits per heavy atom. The number of aliphatic hydroxyl groups excluding tert-OH is 1. The average molecular weight is 286 g/mol. The molecule has 0 radical (unpaired) electrons. The van der Waals surface area contributed by atoms with Crippen molar-refractivity contribution in [2.24, 2.45) is 0 Å². The van der Waals surface area contributed by atoms with Crippen molar-refractivity contribution >= 4 is 21.6 Å². The van der Waals surface area contributed by atoms with Gasteiger partial charge in [-0.3, -0.25) is 0 Å². The number of benzene rings is 1. The van der Waals surface area contributed by atoms with E-state index in [1.165, 1.54) is 0 Å². The van der Waals surface area contributed by atoms with Gasteiger partial charge in [0.25, 0.3) is 0 Å². The Kier molecular flexibility index (Phi) is 3.62. The first-order valence-electron chi connectivity index (χ1n) is 6.30. The van der Waals surface area contributed by atoms with Gasteiger partial charge in [-0.1, -0.05) is 18.2 Å². The molecule has 3 aromatic rings. The zero-order chi connectivity index (χ0) is 13.9. The van der Waals surface area contributed by atoms with Crippen LogP contribution in [-0.2, 0) is 6.42 Å². The van der Waals surface area contributed by atoms with Gasteiger partial charge in [0, 0.05) is 12.5 Å². The lowest BCUT2D eigenvalue weighted by molar-refractivity contribution is 0.172. The first-order valence-corrected chi connectivity index (χ1v) is 7.11. The van der Waals surface area contributed by atoms with Gasteiger partial charge < -0.3 is 9.84 Å². The molecular formula is C15H14N2O2S. The van der Waals surface area contributed by atoms with Gasteiger partial charge >= 0.3 is 0 Å². The van der Waals surface area contributed by atoms with E-state index in [4.69, 9.17) is 4.74 Å². The number of hydrogen-bond donors (Lipinski definition) is 1. The normalized spacial score (nSPS) is 12.5. The highest BCUT2D eigenvalue weighted by Gasteiger charge is 2.14. The van der Waals surface area contributed by atoms with Crippen LogP contribution in [0.1, 0.15) is 16.8 Å². The van der Waals surface area contributed by atoms with Gasteiger partial charge in [0.2, 0.25) is 5.88 Å². The average Bonchev–Trinajstić information content (AvgIpc) is 2.89. The fraction of sp³-hybridized carbons (Fsp3) is 0.200. The number of hydrogen-bond acceptors (Lipinski definition) is 5. The van der Waals surface area contributed by atoms with E-state index in [-0.39, 0.29) is 0 Å². The minimum Gasteiger partial charge on any atom is -0.481 e. The number of aromatic nitrogens is 2. The van der Waals surface area contributed by atoms with Crippen LogP contribution in [0.2, 0.25) is 0 Å². The van der Waals surface area contributed by atoms with E-state index in [9.17, 15) is 5.11 Å². The summed E-state index contributed by atoms with van der Waals surface area (Å²) in [4.78, 5) is 8.77. The molecule has 3 rings (SSSR count). The predicted molar refractivity (Wildman–Crippen MR) is 79.1 cm³/mol. The van der Waals surface area contributed by atoms with Crippen LogP contribution in [0, 0.1) is 0 Å². The summed E-state index contributed by atoms with van der Waals surface area (Å²) in [5, 5.41) is 11.2. The zero-order valence-corrected chi connectivity index (χ0v) is 11.8. The second-order valence-electron chi connectivity index (χ2n) is 4.40. The van der Waals surface area contributed by atoms with Crippen LogP contribution in [0.5, 0.6) is 5.88 Å². The van der Waals surface area contributed by atoms with Crippen molar-refractivity contribution in [1.82, 2.24) is 9.97 Å². The number of fused-ring (bicyclic) bond motifs is 1. The molecule has 5 heteroatoms. The zero-order valence-electron chi connectivity index (χ0n) is 11.0. The highest BCUT2D eigenvalue weighted by molar-refractivity contribution is 7.18. The molecule has 2 heterocycles. The third-order valence-corrected chi connectivity index (χ3v) is 4.06. The topological polar surface area (TPSA) is 55.2 Å². The molecule has 20 heavy (non-hydrogen) atoms. The summed E-state index contributed by atoms with van der Waals surface area (Å²) >= 11 is 1.60. The largest absolute Gasteiger partial charge is 0.481 e. The molecule has 1 aromatic carbocycles. The van der Waals surface area contributed by atoms with E-state index in [2.05, 4.69) is 9.97 Å². The number of aliphatic hydroxyl groups is 1. The quantitative estimate of drug-likeness (QED) is 0.801. The fourth-order valence-electron chi connectivity index (χ4n) is 2.01. The van der Waals surface area contributed by atoms with Crippen molar-refractivity contribution < 1.29 is 9.84 Å². The van der Waals surface area contributed by atoms with Crippen LogP contribution in [0.25, 0.3) is 10.2 Å². The summed E-state index contributed by atoms with van der Waals surface area (Å²) < 4.78 is 6.20. The standard InChI is InChI=1S/C15H14N2O2S/c1-19-14-8-4-6-10(16-14)12(18)9-15-17-11-5-2-3-7-13(11)20-15/h2-8,12,18H,9H2,1H3. The summed E-state index contributed by atoms with van der Waals surface area (Å²) in [5.41, 5.74) is 1.57.